The molecule has 1 aromatic rings. The molecule has 6 heteroatoms. The van der Waals surface area contributed by atoms with Gasteiger partial charge in [0.2, 0.25) is 0 Å². The van der Waals surface area contributed by atoms with Gasteiger partial charge in [0, 0.05) is 12.2 Å². The second-order valence-corrected chi connectivity index (χ2v) is 4.23. The maximum Gasteiger partial charge on any atom is 0.390 e. The maximum absolute atomic E-state index is 13.0. The number of benzene rings is 1. The van der Waals surface area contributed by atoms with Crippen LogP contribution in [0.25, 0.3) is 0 Å². The van der Waals surface area contributed by atoms with Crippen molar-refractivity contribution in [3.05, 3.63) is 28.0 Å². The van der Waals surface area contributed by atoms with Crippen LogP contribution in [0.3, 0.4) is 0 Å². The Bertz CT molecular complexity index is 376. The molecule has 0 fully saturated rings. The number of hydrogen-bond acceptors (Lipinski definition) is 1. The van der Waals surface area contributed by atoms with Crippen LogP contribution in [0.4, 0.5) is 23.2 Å². The number of alkyl halides is 3. The van der Waals surface area contributed by atoms with Gasteiger partial charge in [-0.1, -0.05) is 0 Å². The SMILES string of the molecule is Cc1cc(F)c(Br)cc1NCCC(F)(F)F. The number of nitrogens with one attached hydrogen (secondary N) is 1. The van der Waals surface area contributed by atoms with Gasteiger partial charge >= 0.3 is 6.18 Å². The van der Waals surface area contributed by atoms with Crippen molar-refractivity contribution in [1.82, 2.24) is 0 Å². The lowest BCUT2D eigenvalue weighted by Gasteiger charge is -2.11. The zero-order valence-corrected chi connectivity index (χ0v) is 10.0. The lowest BCUT2D eigenvalue weighted by atomic mass is 10.2. The first kappa shape index (κ1) is 13.3. The molecule has 0 aliphatic rings. The molecule has 0 amide bonds. The predicted octanol–water partition coefficient (Wildman–Crippen LogP) is 4.26. The Morgan fingerprint density at radius 2 is 1.94 bits per heavy atom. The van der Waals surface area contributed by atoms with E-state index in [1.807, 2.05) is 0 Å². The molecule has 0 spiro atoms. The van der Waals surface area contributed by atoms with E-state index in [1.54, 1.807) is 6.92 Å². The van der Waals surface area contributed by atoms with Gasteiger partial charge in [0.25, 0.3) is 0 Å². The molecule has 0 saturated carbocycles. The molecule has 1 nitrogen and oxygen atoms in total. The summed E-state index contributed by atoms with van der Waals surface area (Å²) in [7, 11) is 0. The van der Waals surface area contributed by atoms with Gasteiger partial charge in [0.15, 0.2) is 0 Å². The van der Waals surface area contributed by atoms with Crippen LogP contribution in [0.2, 0.25) is 0 Å². The summed E-state index contributed by atoms with van der Waals surface area (Å²) in [5, 5.41) is 2.62. The molecule has 0 heterocycles. The lowest BCUT2D eigenvalue weighted by molar-refractivity contribution is -0.131. The van der Waals surface area contributed by atoms with Crippen LogP contribution < -0.4 is 5.32 Å². The van der Waals surface area contributed by atoms with Crippen molar-refractivity contribution >= 4 is 21.6 Å². The molecular formula is C10H10BrF4N. The standard InChI is InChI=1S/C10H10BrF4N/c1-6-4-8(12)7(11)5-9(6)16-3-2-10(13,14)15/h4-5,16H,2-3H2,1H3. The molecule has 0 radical (unpaired) electrons. The fourth-order valence-electron chi connectivity index (χ4n) is 1.18. The average Bonchev–Trinajstić information content (AvgIpc) is 2.11. The molecule has 0 saturated heterocycles. The van der Waals surface area contributed by atoms with Crippen LogP contribution in [0.15, 0.2) is 16.6 Å². The highest BCUT2D eigenvalue weighted by Gasteiger charge is 2.26. The molecule has 0 aromatic heterocycles. The van der Waals surface area contributed by atoms with Gasteiger partial charge in [-0.25, -0.2) is 4.39 Å². The molecule has 0 unspecified atom stereocenters. The summed E-state index contributed by atoms with van der Waals surface area (Å²) >= 11 is 2.97. The summed E-state index contributed by atoms with van der Waals surface area (Å²) in [4.78, 5) is 0. The highest BCUT2D eigenvalue weighted by molar-refractivity contribution is 9.10. The Hall–Kier alpha value is -0.780. The largest absolute Gasteiger partial charge is 0.390 e. The summed E-state index contributed by atoms with van der Waals surface area (Å²) in [5.41, 5.74) is 1.07. The van der Waals surface area contributed by atoms with Crippen LogP contribution in [0.1, 0.15) is 12.0 Å². The van der Waals surface area contributed by atoms with Crippen molar-refractivity contribution < 1.29 is 17.6 Å². The summed E-state index contributed by atoms with van der Waals surface area (Å²) in [5.74, 6) is -0.432. The Balaban J connectivity index is 2.64. The Labute approximate surface area is 99.0 Å². The first-order valence-electron chi connectivity index (χ1n) is 4.56. The topological polar surface area (TPSA) is 12.0 Å². The summed E-state index contributed by atoms with van der Waals surface area (Å²) < 4.78 is 48.9. The Kier molecular flexibility index (Phi) is 4.18. The number of halogens is 5. The van der Waals surface area contributed by atoms with E-state index in [1.165, 1.54) is 12.1 Å². The van der Waals surface area contributed by atoms with Crippen molar-refractivity contribution in [2.45, 2.75) is 19.5 Å². The lowest BCUT2D eigenvalue weighted by Crippen LogP contribution is -2.15. The van der Waals surface area contributed by atoms with E-state index in [2.05, 4.69) is 21.2 Å². The van der Waals surface area contributed by atoms with Crippen molar-refractivity contribution in [2.24, 2.45) is 0 Å². The van der Waals surface area contributed by atoms with E-state index >= 15 is 0 Å². The normalized spacial score (nSPS) is 11.6. The van der Waals surface area contributed by atoms with Crippen molar-refractivity contribution in [3.63, 3.8) is 0 Å². The molecule has 1 N–H and O–H groups in total. The third-order valence-corrected chi connectivity index (χ3v) is 2.60. The van der Waals surface area contributed by atoms with Crippen LogP contribution in [0.5, 0.6) is 0 Å². The molecule has 16 heavy (non-hydrogen) atoms. The van der Waals surface area contributed by atoms with Crippen molar-refractivity contribution in [3.8, 4) is 0 Å². The quantitative estimate of drug-likeness (QED) is 0.822. The van der Waals surface area contributed by atoms with Crippen molar-refractivity contribution in [2.75, 3.05) is 11.9 Å². The van der Waals surface area contributed by atoms with Gasteiger partial charge in [-0.15, -0.1) is 0 Å². The first-order valence-corrected chi connectivity index (χ1v) is 5.35. The second-order valence-electron chi connectivity index (χ2n) is 3.37. The zero-order chi connectivity index (χ0) is 12.3. The van der Waals surface area contributed by atoms with Gasteiger partial charge < -0.3 is 5.32 Å². The molecule has 0 bridgehead atoms. The number of aryl methyl sites for hydroxylation is 1. The van der Waals surface area contributed by atoms with Crippen molar-refractivity contribution in [1.29, 1.82) is 0 Å². The minimum atomic E-state index is -4.18. The van der Waals surface area contributed by atoms with Gasteiger partial charge in [-0.3, -0.25) is 0 Å². The van der Waals surface area contributed by atoms with E-state index < -0.39 is 18.4 Å². The van der Waals surface area contributed by atoms with E-state index in [-0.39, 0.29) is 11.0 Å². The third-order valence-electron chi connectivity index (χ3n) is 1.99. The van der Waals surface area contributed by atoms with Gasteiger partial charge in [-0.2, -0.15) is 13.2 Å². The minimum absolute atomic E-state index is 0.220. The smallest absolute Gasteiger partial charge is 0.384 e. The monoisotopic (exact) mass is 299 g/mol. The van der Waals surface area contributed by atoms with E-state index in [4.69, 9.17) is 0 Å². The minimum Gasteiger partial charge on any atom is -0.384 e. The molecule has 0 aliphatic carbocycles. The highest BCUT2D eigenvalue weighted by atomic mass is 79.9. The molecule has 90 valence electrons. The second kappa shape index (κ2) is 5.03. The van der Waals surface area contributed by atoms with E-state index in [0.717, 1.165) is 0 Å². The Morgan fingerprint density at radius 3 is 2.50 bits per heavy atom. The number of hydrogen-bond donors (Lipinski definition) is 1. The fourth-order valence-corrected chi connectivity index (χ4v) is 1.52. The average molecular weight is 300 g/mol. The molecular weight excluding hydrogens is 290 g/mol. The predicted molar refractivity (Wildman–Crippen MR) is 58.0 cm³/mol. The zero-order valence-electron chi connectivity index (χ0n) is 8.46. The molecule has 0 aliphatic heterocycles. The van der Waals surface area contributed by atoms with E-state index in [9.17, 15) is 17.6 Å². The van der Waals surface area contributed by atoms with Crippen LogP contribution in [0, 0.1) is 12.7 Å². The summed E-state index contributed by atoms with van der Waals surface area (Å²) in [6.07, 6.45) is -5.10. The van der Waals surface area contributed by atoms with E-state index in [0.29, 0.717) is 11.3 Å². The summed E-state index contributed by atoms with van der Waals surface area (Å²) in [6, 6.07) is 2.70. The highest BCUT2D eigenvalue weighted by Crippen LogP contribution is 2.25. The van der Waals surface area contributed by atoms with Crippen LogP contribution in [-0.2, 0) is 0 Å². The molecule has 0 atom stereocenters. The number of anilines is 1. The fraction of sp³-hybridized carbons (Fsp3) is 0.400. The number of rotatable bonds is 3. The van der Waals surface area contributed by atoms with Gasteiger partial charge in [-0.05, 0) is 40.5 Å². The Morgan fingerprint density at radius 1 is 1.31 bits per heavy atom. The van der Waals surface area contributed by atoms with Gasteiger partial charge in [0.05, 0.1) is 10.9 Å². The third kappa shape index (κ3) is 4.00. The van der Waals surface area contributed by atoms with Crippen LogP contribution >= 0.6 is 15.9 Å². The molecule has 1 rings (SSSR count). The maximum atomic E-state index is 13.0. The summed E-state index contributed by atoms with van der Waals surface area (Å²) in [6.45, 7) is 1.41. The first-order chi connectivity index (χ1) is 7.29. The molecule has 1 aromatic carbocycles. The van der Waals surface area contributed by atoms with Gasteiger partial charge in [0.1, 0.15) is 5.82 Å². The van der Waals surface area contributed by atoms with Crippen LogP contribution in [-0.4, -0.2) is 12.7 Å².